The van der Waals surface area contributed by atoms with Crippen LogP contribution in [-0.4, -0.2) is 16.7 Å². The predicted molar refractivity (Wildman–Crippen MR) is 71.0 cm³/mol. The fourth-order valence-electron chi connectivity index (χ4n) is 1.26. The van der Waals surface area contributed by atoms with E-state index in [-0.39, 0.29) is 5.60 Å². The summed E-state index contributed by atoms with van der Waals surface area (Å²) in [4.78, 5) is 4.23. The Hall–Kier alpha value is -0.520. The van der Waals surface area contributed by atoms with Crippen LogP contribution in [0.15, 0.2) is 12.3 Å². The van der Waals surface area contributed by atoms with Gasteiger partial charge in [0.15, 0.2) is 11.5 Å². The zero-order valence-corrected chi connectivity index (χ0v) is 11.9. The van der Waals surface area contributed by atoms with Crippen molar-refractivity contribution in [3.05, 3.63) is 16.0 Å². The van der Waals surface area contributed by atoms with E-state index in [1.54, 1.807) is 6.20 Å². The third-order valence-electron chi connectivity index (χ3n) is 2.03. The SMILES string of the molecule is CC(C)(C)Oc1cc(I)ncc1OC1CC1. The number of halogens is 1. The molecule has 0 spiro atoms. The molecule has 1 heterocycles. The minimum Gasteiger partial charge on any atom is -0.485 e. The van der Waals surface area contributed by atoms with Gasteiger partial charge in [0.25, 0.3) is 0 Å². The van der Waals surface area contributed by atoms with Crippen LogP contribution in [0.5, 0.6) is 11.5 Å². The highest BCUT2D eigenvalue weighted by atomic mass is 127. The summed E-state index contributed by atoms with van der Waals surface area (Å²) < 4.78 is 12.6. The minimum absolute atomic E-state index is 0.216. The van der Waals surface area contributed by atoms with E-state index in [1.807, 2.05) is 26.8 Å². The summed E-state index contributed by atoms with van der Waals surface area (Å²) in [6, 6.07) is 1.92. The number of ether oxygens (including phenoxy) is 2. The summed E-state index contributed by atoms with van der Waals surface area (Å²) in [6.07, 6.45) is 4.40. The summed E-state index contributed by atoms with van der Waals surface area (Å²) in [5.74, 6) is 1.55. The molecule has 0 aromatic carbocycles. The van der Waals surface area contributed by atoms with Crippen LogP contribution >= 0.6 is 22.6 Å². The molecule has 16 heavy (non-hydrogen) atoms. The van der Waals surface area contributed by atoms with Crippen LogP contribution in [0.4, 0.5) is 0 Å². The van der Waals surface area contributed by atoms with E-state index in [9.17, 15) is 0 Å². The van der Waals surface area contributed by atoms with E-state index in [1.165, 1.54) is 0 Å². The van der Waals surface area contributed by atoms with Gasteiger partial charge in [0, 0.05) is 6.07 Å². The molecule has 0 amide bonds. The first-order valence-electron chi connectivity index (χ1n) is 5.45. The van der Waals surface area contributed by atoms with E-state index in [4.69, 9.17) is 9.47 Å². The van der Waals surface area contributed by atoms with Crippen molar-refractivity contribution in [1.29, 1.82) is 0 Å². The number of hydrogen-bond donors (Lipinski definition) is 0. The maximum Gasteiger partial charge on any atom is 0.179 e. The van der Waals surface area contributed by atoms with E-state index in [2.05, 4.69) is 27.6 Å². The number of pyridine rings is 1. The van der Waals surface area contributed by atoms with Gasteiger partial charge in [0.1, 0.15) is 9.30 Å². The van der Waals surface area contributed by atoms with Gasteiger partial charge in [-0.1, -0.05) is 0 Å². The number of nitrogens with zero attached hydrogens (tertiary/aromatic N) is 1. The van der Waals surface area contributed by atoms with Gasteiger partial charge in [-0.3, -0.25) is 0 Å². The van der Waals surface area contributed by atoms with Crippen molar-refractivity contribution in [3.63, 3.8) is 0 Å². The van der Waals surface area contributed by atoms with Crippen molar-refractivity contribution in [3.8, 4) is 11.5 Å². The van der Waals surface area contributed by atoms with Crippen molar-refractivity contribution >= 4 is 22.6 Å². The Balaban J connectivity index is 2.20. The van der Waals surface area contributed by atoms with Crippen molar-refractivity contribution in [2.75, 3.05) is 0 Å². The van der Waals surface area contributed by atoms with Crippen molar-refractivity contribution in [2.45, 2.75) is 45.3 Å². The highest BCUT2D eigenvalue weighted by molar-refractivity contribution is 14.1. The highest BCUT2D eigenvalue weighted by Gasteiger charge is 2.26. The van der Waals surface area contributed by atoms with E-state index in [0.29, 0.717) is 6.10 Å². The predicted octanol–water partition coefficient (Wildman–Crippen LogP) is 3.40. The van der Waals surface area contributed by atoms with E-state index < -0.39 is 0 Å². The molecule has 1 aromatic rings. The largest absolute Gasteiger partial charge is 0.485 e. The van der Waals surface area contributed by atoms with Crippen LogP contribution < -0.4 is 9.47 Å². The molecule has 88 valence electrons. The van der Waals surface area contributed by atoms with Gasteiger partial charge in [-0.25, -0.2) is 4.98 Å². The molecule has 2 rings (SSSR count). The fourth-order valence-corrected chi connectivity index (χ4v) is 1.69. The van der Waals surface area contributed by atoms with Crippen LogP contribution in [0.3, 0.4) is 0 Å². The molecule has 4 heteroatoms. The van der Waals surface area contributed by atoms with Gasteiger partial charge < -0.3 is 9.47 Å². The van der Waals surface area contributed by atoms with Crippen LogP contribution in [0, 0.1) is 3.70 Å². The molecule has 1 aliphatic carbocycles. The Morgan fingerprint density at radius 3 is 2.56 bits per heavy atom. The second-order valence-corrected chi connectivity index (χ2v) is 6.09. The molecule has 0 bridgehead atoms. The van der Waals surface area contributed by atoms with Crippen molar-refractivity contribution in [1.82, 2.24) is 4.98 Å². The molecule has 0 unspecified atom stereocenters. The molecule has 1 fully saturated rings. The van der Waals surface area contributed by atoms with Crippen LogP contribution in [0.2, 0.25) is 0 Å². The maximum atomic E-state index is 5.87. The lowest BCUT2D eigenvalue weighted by molar-refractivity contribution is 0.122. The van der Waals surface area contributed by atoms with Crippen LogP contribution in [0.25, 0.3) is 0 Å². The Kier molecular flexibility index (Phi) is 3.28. The van der Waals surface area contributed by atoms with Crippen molar-refractivity contribution in [2.24, 2.45) is 0 Å². The molecular weight excluding hydrogens is 317 g/mol. The average Bonchev–Trinajstić information content (AvgIpc) is 2.91. The molecule has 0 radical (unpaired) electrons. The molecule has 0 N–H and O–H groups in total. The van der Waals surface area contributed by atoms with E-state index >= 15 is 0 Å². The maximum absolute atomic E-state index is 5.87. The summed E-state index contributed by atoms with van der Waals surface area (Å²) in [7, 11) is 0. The standard InChI is InChI=1S/C12H16INO2/c1-12(2,3)16-9-6-11(13)14-7-10(9)15-8-4-5-8/h6-8H,4-5H2,1-3H3. The van der Waals surface area contributed by atoms with Gasteiger partial charge >= 0.3 is 0 Å². The molecule has 3 nitrogen and oxygen atoms in total. The summed E-state index contributed by atoms with van der Waals surface area (Å²) in [5, 5.41) is 0. The van der Waals surface area contributed by atoms with E-state index in [0.717, 1.165) is 28.0 Å². The van der Waals surface area contributed by atoms with Gasteiger partial charge in [-0.05, 0) is 56.2 Å². The molecule has 0 aliphatic heterocycles. The van der Waals surface area contributed by atoms with Gasteiger partial charge in [-0.2, -0.15) is 0 Å². The molecule has 1 aliphatic rings. The normalized spacial score (nSPS) is 16.0. The number of aromatic nitrogens is 1. The lowest BCUT2D eigenvalue weighted by Gasteiger charge is -2.23. The topological polar surface area (TPSA) is 31.4 Å². The second-order valence-electron chi connectivity index (χ2n) is 4.99. The van der Waals surface area contributed by atoms with Gasteiger partial charge in [0.05, 0.1) is 12.3 Å². The minimum atomic E-state index is -0.216. The molecular formula is C12H16INO2. The van der Waals surface area contributed by atoms with Gasteiger partial charge in [0.2, 0.25) is 0 Å². The monoisotopic (exact) mass is 333 g/mol. The first kappa shape index (κ1) is 12.0. The van der Waals surface area contributed by atoms with Crippen LogP contribution in [-0.2, 0) is 0 Å². The zero-order valence-electron chi connectivity index (χ0n) is 9.79. The third-order valence-corrected chi connectivity index (χ3v) is 2.62. The summed E-state index contributed by atoms with van der Waals surface area (Å²) >= 11 is 2.18. The first-order chi connectivity index (χ1) is 7.44. The third kappa shape index (κ3) is 3.50. The number of rotatable bonds is 3. The smallest absolute Gasteiger partial charge is 0.179 e. The molecule has 0 atom stereocenters. The first-order valence-corrected chi connectivity index (χ1v) is 6.53. The average molecular weight is 333 g/mol. The fraction of sp³-hybridized carbons (Fsp3) is 0.583. The Morgan fingerprint density at radius 2 is 2.00 bits per heavy atom. The second kappa shape index (κ2) is 4.39. The highest BCUT2D eigenvalue weighted by Crippen LogP contribution is 2.35. The van der Waals surface area contributed by atoms with Gasteiger partial charge in [-0.15, -0.1) is 0 Å². The Morgan fingerprint density at radius 1 is 1.31 bits per heavy atom. The molecule has 0 saturated heterocycles. The lowest BCUT2D eigenvalue weighted by atomic mass is 10.2. The summed E-state index contributed by atoms with van der Waals surface area (Å²) in [6.45, 7) is 6.09. The molecule has 1 aromatic heterocycles. The Labute approximate surface area is 110 Å². The van der Waals surface area contributed by atoms with Crippen LogP contribution in [0.1, 0.15) is 33.6 Å². The van der Waals surface area contributed by atoms with Crippen molar-refractivity contribution < 1.29 is 9.47 Å². The summed E-state index contributed by atoms with van der Waals surface area (Å²) in [5.41, 5.74) is -0.216. The zero-order chi connectivity index (χ0) is 11.8. The Bertz CT molecular complexity index is 383. The number of hydrogen-bond acceptors (Lipinski definition) is 3. The quantitative estimate of drug-likeness (QED) is 0.628. The lowest BCUT2D eigenvalue weighted by Crippen LogP contribution is -2.23. The molecule has 1 saturated carbocycles.